The van der Waals surface area contributed by atoms with Crippen LogP contribution in [0, 0.1) is 5.92 Å². The van der Waals surface area contributed by atoms with Crippen LogP contribution < -0.4 is 16.0 Å². The molecule has 1 unspecified atom stereocenters. The molecule has 0 spiro atoms. The van der Waals surface area contributed by atoms with E-state index in [9.17, 15) is 19.2 Å². The smallest absolute Gasteiger partial charge is 0.262 e. The Bertz CT molecular complexity index is 878. The Balaban J connectivity index is 1.33. The van der Waals surface area contributed by atoms with Crippen LogP contribution in [0.25, 0.3) is 0 Å². The largest absolute Gasteiger partial charge is 0.317 e. The number of carbonyl (C=O) groups is 4. The van der Waals surface area contributed by atoms with Gasteiger partial charge in [0.2, 0.25) is 11.8 Å². The third-order valence-corrected chi connectivity index (χ3v) is 6.54. The summed E-state index contributed by atoms with van der Waals surface area (Å²) in [5.41, 5.74) is 1.48. The number of fused-ring (bicyclic) bond motifs is 1. The SMILES string of the molecule is O=C1CCC(N2C(=O)c3cccc(CNCCCCC4CCNCC4)c3C2=O)C(=O)N1. The first-order chi connectivity index (χ1) is 15.1. The van der Waals surface area contributed by atoms with Crippen molar-refractivity contribution in [1.82, 2.24) is 20.9 Å². The van der Waals surface area contributed by atoms with Gasteiger partial charge in [0, 0.05) is 13.0 Å². The number of carbonyl (C=O) groups excluding carboxylic acids is 4. The first-order valence-corrected chi connectivity index (χ1v) is 11.3. The predicted molar refractivity (Wildman–Crippen MR) is 114 cm³/mol. The molecule has 3 aliphatic rings. The molecule has 0 aliphatic carbocycles. The fraction of sp³-hybridized carbons (Fsp3) is 0.565. The van der Waals surface area contributed by atoms with Crippen molar-refractivity contribution in [3.05, 3.63) is 34.9 Å². The molecular weight excluding hydrogens is 396 g/mol. The maximum atomic E-state index is 13.1. The zero-order chi connectivity index (χ0) is 21.8. The van der Waals surface area contributed by atoms with Gasteiger partial charge in [0.15, 0.2) is 0 Å². The number of unbranched alkanes of at least 4 members (excludes halogenated alkanes) is 1. The average molecular weight is 427 g/mol. The fourth-order valence-electron chi connectivity index (χ4n) is 4.81. The molecule has 4 amide bonds. The second-order valence-corrected chi connectivity index (χ2v) is 8.65. The molecule has 0 radical (unpaired) electrons. The van der Waals surface area contributed by atoms with Crippen LogP contribution in [0.5, 0.6) is 0 Å². The Morgan fingerprint density at radius 3 is 2.58 bits per heavy atom. The quantitative estimate of drug-likeness (QED) is 0.428. The van der Waals surface area contributed by atoms with E-state index in [1.54, 1.807) is 12.1 Å². The maximum Gasteiger partial charge on any atom is 0.262 e. The van der Waals surface area contributed by atoms with Crippen LogP contribution in [0.2, 0.25) is 0 Å². The number of rotatable bonds is 8. The van der Waals surface area contributed by atoms with E-state index in [1.165, 1.54) is 25.7 Å². The van der Waals surface area contributed by atoms with Crippen LogP contribution in [-0.2, 0) is 16.1 Å². The zero-order valence-electron chi connectivity index (χ0n) is 17.7. The lowest BCUT2D eigenvalue weighted by molar-refractivity contribution is -0.136. The van der Waals surface area contributed by atoms with Crippen molar-refractivity contribution in [2.45, 2.75) is 57.5 Å². The van der Waals surface area contributed by atoms with Crippen molar-refractivity contribution in [2.75, 3.05) is 19.6 Å². The number of nitrogens with zero attached hydrogens (tertiary/aromatic N) is 1. The number of hydrogen-bond donors (Lipinski definition) is 3. The maximum absolute atomic E-state index is 13.1. The van der Waals surface area contributed by atoms with E-state index in [0.29, 0.717) is 17.7 Å². The normalized spacial score (nSPS) is 22.1. The molecule has 166 valence electrons. The van der Waals surface area contributed by atoms with Crippen molar-refractivity contribution < 1.29 is 19.2 Å². The number of piperidine rings is 2. The monoisotopic (exact) mass is 426 g/mol. The van der Waals surface area contributed by atoms with E-state index >= 15 is 0 Å². The Hall–Kier alpha value is -2.58. The summed E-state index contributed by atoms with van der Waals surface area (Å²) in [5.74, 6) is -1.03. The number of amides is 4. The van der Waals surface area contributed by atoms with Crippen LogP contribution in [0.3, 0.4) is 0 Å². The topological polar surface area (TPSA) is 108 Å². The van der Waals surface area contributed by atoms with Crippen molar-refractivity contribution in [3.63, 3.8) is 0 Å². The van der Waals surface area contributed by atoms with Gasteiger partial charge in [0.25, 0.3) is 11.8 Å². The number of imide groups is 2. The molecule has 8 nitrogen and oxygen atoms in total. The number of benzene rings is 1. The minimum Gasteiger partial charge on any atom is -0.317 e. The van der Waals surface area contributed by atoms with Gasteiger partial charge in [-0.15, -0.1) is 0 Å². The lowest BCUT2D eigenvalue weighted by Gasteiger charge is -2.27. The molecule has 2 fully saturated rings. The molecule has 1 aromatic rings. The zero-order valence-corrected chi connectivity index (χ0v) is 17.7. The van der Waals surface area contributed by atoms with Gasteiger partial charge in [0.05, 0.1) is 11.1 Å². The second kappa shape index (κ2) is 9.70. The van der Waals surface area contributed by atoms with E-state index in [4.69, 9.17) is 0 Å². The van der Waals surface area contributed by atoms with E-state index in [2.05, 4.69) is 16.0 Å². The summed E-state index contributed by atoms with van der Waals surface area (Å²) in [7, 11) is 0. The average Bonchev–Trinajstić information content (AvgIpc) is 3.02. The van der Waals surface area contributed by atoms with Gasteiger partial charge < -0.3 is 10.6 Å². The fourth-order valence-corrected chi connectivity index (χ4v) is 4.81. The molecule has 3 N–H and O–H groups in total. The van der Waals surface area contributed by atoms with Gasteiger partial charge in [-0.2, -0.15) is 0 Å². The van der Waals surface area contributed by atoms with Gasteiger partial charge in [-0.25, -0.2) is 0 Å². The molecule has 0 bridgehead atoms. The van der Waals surface area contributed by atoms with Crippen LogP contribution in [0.15, 0.2) is 18.2 Å². The van der Waals surface area contributed by atoms with Crippen molar-refractivity contribution in [3.8, 4) is 0 Å². The van der Waals surface area contributed by atoms with Crippen LogP contribution in [-0.4, -0.2) is 54.2 Å². The van der Waals surface area contributed by atoms with E-state index in [-0.39, 0.29) is 18.7 Å². The predicted octanol–water partition coefficient (Wildman–Crippen LogP) is 1.35. The highest BCUT2D eigenvalue weighted by molar-refractivity contribution is 6.24. The van der Waals surface area contributed by atoms with Crippen LogP contribution in [0.4, 0.5) is 0 Å². The van der Waals surface area contributed by atoms with Crippen LogP contribution in [0.1, 0.15) is 71.2 Å². The van der Waals surface area contributed by atoms with Crippen LogP contribution >= 0.6 is 0 Å². The molecule has 3 aliphatic heterocycles. The van der Waals surface area contributed by atoms with Gasteiger partial charge in [0.1, 0.15) is 6.04 Å². The third-order valence-electron chi connectivity index (χ3n) is 6.54. The first-order valence-electron chi connectivity index (χ1n) is 11.3. The summed E-state index contributed by atoms with van der Waals surface area (Å²) in [6.07, 6.45) is 6.35. The highest BCUT2D eigenvalue weighted by atomic mass is 16.2. The van der Waals surface area contributed by atoms with E-state index in [0.717, 1.165) is 42.4 Å². The lowest BCUT2D eigenvalue weighted by Crippen LogP contribution is -2.54. The molecule has 3 heterocycles. The van der Waals surface area contributed by atoms with Gasteiger partial charge in [-0.05, 0) is 62.9 Å². The molecule has 0 saturated carbocycles. The minimum atomic E-state index is -0.930. The Morgan fingerprint density at radius 2 is 1.81 bits per heavy atom. The summed E-state index contributed by atoms with van der Waals surface area (Å²) in [5, 5.41) is 9.02. The molecule has 1 atom stereocenters. The second-order valence-electron chi connectivity index (χ2n) is 8.65. The molecular formula is C23H30N4O4. The summed E-state index contributed by atoms with van der Waals surface area (Å²) in [6, 6.07) is 4.32. The van der Waals surface area contributed by atoms with E-state index < -0.39 is 23.8 Å². The number of nitrogens with one attached hydrogen (secondary N) is 3. The molecule has 31 heavy (non-hydrogen) atoms. The van der Waals surface area contributed by atoms with Gasteiger partial charge >= 0.3 is 0 Å². The Morgan fingerprint density at radius 1 is 1.00 bits per heavy atom. The summed E-state index contributed by atoms with van der Waals surface area (Å²) in [6.45, 7) is 3.61. The highest BCUT2D eigenvalue weighted by Crippen LogP contribution is 2.30. The minimum absolute atomic E-state index is 0.121. The van der Waals surface area contributed by atoms with Crippen molar-refractivity contribution in [1.29, 1.82) is 0 Å². The third kappa shape index (κ3) is 4.70. The Labute approximate surface area is 182 Å². The summed E-state index contributed by atoms with van der Waals surface area (Å²) in [4.78, 5) is 50.6. The highest BCUT2D eigenvalue weighted by Gasteiger charge is 2.45. The van der Waals surface area contributed by atoms with E-state index in [1.807, 2.05) is 6.07 Å². The molecule has 8 heteroatoms. The van der Waals surface area contributed by atoms with Crippen molar-refractivity contribution in [2.24, 2.45) is 5.92 Å². The summed E-state index contributed by atoms with van der Waals surface area (Å²) < 4.78 is 0. The van der Waals surface area contributed by atoms with Gasteiger partial charge in [-0.1, -0.05) is 25.0 Å². The van der Waals surface area contributed by atoms with Crippen molar-refractivity contribution >= 4 is 23.6 Å². The standard InChI is InChI=1S/C23H30N4O4/c28-19-8-7-18(21(29)26-19)27-22(30)17-6-3-5-16(20(17)23(27)31)14-25-11-2-1-4-15-9-12-24-13-10-15/h3,5-6,15,18,24-25H,1-2,4,7-14H2,(H,26,28,29). The molecule has 1 aromatic carbocycles. The molecule has 0 aromatic heterocycles. The lowest BCUT2D eigenvalue weighted by atomic mass is 9.92. The molecule has 2 saturated heterocycles. The Kier molecular flexibility index (Phi) is 6.77. The molecule has 4 rings (SSSR count). The first kappa shape index (κ1) is 21.6. The summed E-state index contributed by atoms with van der Waals surface area (Å²) >= 11 is 0. The number of hydrogen-bond acceptors (Lipinski definition) is 6. The van der Waals surface area contributed by atoms with Gasteiger partial charge in [-0.3, -0.25) is 29.4 Å².